The zero-order valence-corrected chi connectivity index (χ0v) is 12.4. The summed E-state index contributed by atoms with van der Waals surface area (Å²) in [5, 5.41) is 9.36. The maximum Gasteiger partial charge on any atom is 0.425 e. The van der Waals surface area contributed by atoms with Gasteiger partial charge in [-0.2, -0.15) is 13.2 Å². The molecule has 23 heavy (non-hydrogen) atoms. The third-order valence-electron chi connectivity index (χ3n) is 2.83. The van der Waals surface area contributed by atoms with Crippen LogP contribution in [0, 0.1) is 0 Å². The van der Waals surface area contributed by atoms with Gasteiger partial charge in [0.15, 0.2) is 11.8 Å². The van der Waals surface area contributed by atoms with E-state index in [-0.39, 0.29) is 5.69 Å². The molecule has 5 nitrogen and oxygen atoms in total. The van der Waals surface area contributed by atoms with E-state index >= 15 is 0 Å². The zero-order valence-electron chi connectivity index (χ0n) is 11.6. The Labute approximate surface area is 133 Å². The van der Waals surface area contributed by atoms with E-state index in [1.165, 1.54) is 24.3 Å². The average molecular weight is 347 g/mol. The number of nitrogens with zero attached hydrogens (tertiary/aromatic N) is 2. The Balaban J connectivity index is 2.49. The van der Waals surface area contributed by atoms with Crippen molar-refractivity contribution >= 4 is 17.6 Å². The SMILES string of the molecule is CC(Oc1ncc(C(=O)O)nc1-c1ccc(Cl)cc1)C(F)(F)F. The van der Waals surface area contributed by atoms with Crippen molar-refractivity contribution in [2.75, 3.05) is 0 Å². The van der Waals surface area contributed by atoms with E-state index < -0.39 is 29.8 Å². The molecule has 0 spiro atoms. The second-order valence-electron chi connectivity index (χ2n) is 4.52. The van der Waals surface area contributed by atoms with Crippen LogP contribution in [0.1, 0.15) is 17.4 Å². The van der Waals surface area contributed by atoms with Crippen molar-refractivity contribution in [1.82, 2.24) is 9.97 Å². The summed E-state index contributed by atoms with van der Waals surface area (Å²) in [6.07, 6.45) is -5.89. The third-order valence-corrected chi connectivity index (χ3v) is 3.08. The summed E-state index contributed by atoms with van der Waals surface area (Å²) in [5.41, 5.74) is -0.200. The number of aromatic nitrogens is 2. The molecule has 1 N–H and O–H groups in total. The van der Waals surface area contributed by atoms with Crippen LogP contribution >= 0.6 is 11.6 Å². The van der Waals surface area contributed by atoms with Gasteiger partial charge < -0.3 is 9.84 Å². The van der Waals surface area contributed by atoms with Crippen molar-refractivity contribution in [3.63, 3.8) is 0 Å². The van der Waals surface area contributed by atoms with E-state index in [1.54, 1.807) is 0 Å². The molecule has 1 heterocycles. The van der Waals surface area contributed by atoms with Crippen LogP contribution in [0.2, 0.25) is 5.02 Å². The van der Waals surface area contributed by atoms with Gasteiger partial charge in [-0.3, -0.25) is 0 Å². The predicted molar refractivity (Wildman–Crippen MR) is 75.6 cm³/mol. The van der Waals surface area contributed by atoms with Gasteiger partial charge in [0.25, 0.3) is 0 Å². The topological polar surface area (TPSA) is 72.3 Å². The fourth-order valence-corrected chi connectivity index (χ4v) is 1.72. The molecule has 0 aliphatic carbocycles. The molecule has 0 saturated heterocycles. The minimum absolute atomic E-state index is 0.113. The first-order valence-corrected chi connectivity index (χ1v) is 6.66. The second kappa shape index (κ2) is 6.41. The molecule has 1 aromatic carbocycles. The fraction of sp³-hybridized carbons (Fsp3) is 0.214. The molecule has 0 bridgehead atoms. The Hall–Kier alpha value is -2.35. The van der Waals surface area contributed by atoms with Crippen molar-refractivity contribution in [2.24, 2.45) is 0 Å². The van der Waals surface area contributed by atoms with Gasteiger partial charge in [0.05, 0.1) is 6.20 Å². The molecule has 0 aliphatic heterocycles. The van der Waals surface area contributed by atoms with Crippen LogP contribution in [0.25, 0.3) is 11.3 Å². The third kappa shape index (κ3) is 4.10. The Morgan fingerprint density at radius 2 is 1.91 bits per heavy atom. The van der Waals surface area contributed by atoms with Gasteiger partial charge >= 0.3 is 12.1 Å². The average Bonchev–Trinajstić information content (AvgIpc) is 2.47. The normalized spacial score (nSPS) is 12.7. The van der Waals surface area contributed by atoms with Gasteiger partial charge in [0, 0.05) is 10.6 Å². The lowest BCUT2D eigenvalue weighted by atomic mass is 10.1. The molecule has 2 aromatic rings. The molecule has 1 atom stereocenters. The molecular formula is C14H10ClF3N2O3. The summed E-state index contributed by atoms with van der Waals surface area (Å²) in [6.45, 7) is 0.818. The number of hydrogen-bond acceptors (Lipinski definition) is 4. The van der Waals surface area contributed by atoms with Crippen LogP contribution < -0.4 is 4.74 Å². The molecule has 1 aromatic heterocycles. The van der Waals surface area contributed by atoms with Gasteiger partial charge in [-0.25, -0.2) is 14.8 Å². The number of aromatic carboxylic acids is 1. The lowest BCUT2D eigenvalue weighted by Crippen LogP contribution is -2.31. The lowest BCUT2D eigenvalue weighted by Gasteiger charge is -2.18. The van der Waals surface area contributed by atoms with Gasteiger partial charge in [-0.05, 0) is 19.1 Å². The van der Waals surface area contributed by atoms with E-state index in [9.17, 15) is 18.0 Å². The van der Waals surface area contributed by atoms with Crippen molar-refractivity contribution in [1.29, 1.82) is 0 Å². The summed E-state index contributed by atoms with van der Waals surface area (Å²) in [6, 6.07) is 5.93. The number of carboxylic acids is 1. The number of alkyl halides is 3. The summed E-state index contributed by atoms with van der Waals surface area (Å²) in [5.74, 6) is -1.77. The van der Waals surface area contributed by atoms with Gasteiger partial charge in [0.1, 0.15) is 5.69 Å². The maximum atomic E-state index is 12.6. The number of benzene rings is 1. The van der Waals surface area contributed by atoms with Crippen molar-refractivity contribution in [2.45, 2.75) is 19.2 Å². The first kappa shape index (κ1) is 17.0. The monoisotopic (exact) mass is 346 g/mol. The number of carboxylic acid groups (broad SMARTS) is 1. The number of rotatable bonds is 4. The zero-order chi connectivity index (χ0) is 17.2. The Morgan fingerprint density at radius 1 is 1.30 bits per heavy atom. The van der Waals surface area contributed by atoms with Crippen LogP contribution in [-0.4, -0.2) is 33.3 Å². The number of halogens is 4. The highest BCUT2D eigenvalue weighted by Crippen LogP contribution is 2.31. The van der Waals surface area contributed by atoms with Crippen molar-refractivity contribution in [3.05, 3.63) is 41.2 Å². The molecule has 122 valence electrons. The van der Waals surface area contributed by atoms with E-state index in [2.05, 4.69) is 9.97 Å². The molecule has 2 rings (SSSR count). The molecular weight excluding hydrogens is 337 g/mol. The first-order valence-electron chi connectivity index (χ1n) is 6.28. The fourth-order valence-electron chi connectivity index (χ4n) is 1.60. The van der Waals surface area contributed by atoms with Crippen LogP contribution in [0.5, 0.6) is 5.88 Å². The molecule has 1 unspecified atom stereocenters. The number of ether oxygens (including phenoxy) is 1. The lowest BCUT2D eigenvalue weighted by molar-refractivity contribution is -0.189. The molecule has 0 amide bonds. The number of hydrogen-bond donors (Lipinski definition) is 1. The smallest absolute Gasteiger partial charge is 0.425 e. The van der Waals surface area contributed by atoms with Crippen molar-refractivity contribution in [3.8, 4) is 17.1 Å². The maximum absolute atomic E-state index is 12.6. The van der Waals surface area contributed by atoms with Crippen LogP contribution in [-0.2, 0) is 0 Å². The van der Waals surface area contributed by atoms with Gasteiger partial charge in [-0.15, -0.1) is 0 Å². The van der Waals surface area contributed by atoms with Crippen LogP contribution in [0.4, 0.5) is 13.2 Å². The van der Waals surface area contributed by atoms with Crippen molar-refractivity contribution < 1.29 is 27.8 Å². The quantitative estimate of drug-likeness (QED) is 0.911. The van der Waals surface area contributed by atoms with Gasteiger partial charge in [0.2, 0.25) is 5.88 Å². The van der Waals surface area contributed by atoms with Gasteiger partial charge in [-0.1, -0.05) is 23.7 Å². The minimum atomic E-state index is -4.59. The minimum Gasteiger partial charge on any atom is -0.476 e. The summed E-state index contributed by atoms with van der Waals surface area (Å²) in [4.78, 5) is 18.5. The number of carbonyl (C=O) groups is 1. The summed E-state index contributed by atoms with van der Waals surface area (Å²) < 4.78 is 42.7. The van der Waals surface area contributed by atoms with E-state index in [4.69, 9.17) is 21.4 Å². The summed E-state index contributed by atoms with van der Waals surface area (Å²) >= 11 is 5.75. The highest BCUT2D eigenvalue weighted by atomic mass is 35.5. The molecule has 0 aliphatic rings. The largest absolute Gasteiger partial charge is 0.476 e. The molecule has 9 heteroatoms. The van der Waals surface area contributed by atoms with Crippen LogP contribution in [0.3, 0.4) is 0 Å². The Morgan fingerprint density at radius 3 is 2.43 bits per heavy atom. The standard InChI is InChI=1S/C14H10ClF3N2O3/c1-7(14(16,17)18)23-12-11(8-2-4-9(15)5-3-8)20-10(6-19-12)13(21)22/h2-7H,1H3,(H,21,22). The predicted octanol–water partition coefficient (Wildman–Crippen LogP) is 3.82. The highest BCUT2D eigenvalue weighted by molar-refractivity contribution is 6.30. The molecule has 0 radical (unpaired) electrons. The second-order valence-corrected chi connectivity index (χ2v) is 4.96. The summed E-state index contributed by atoms with van der Waals surface area (Å²) in [7, 11) is 0. The molecule has 0 fully saturated rings. The highest BCUT2D eigenvalue weighted by Gasteiger charge is 2.39. The van der Waals surface area contributed by atoms with E-state index in [0.29, 0.717) is 10.6 Å². The van der Waals surface area contributed by atoms with E-state index in [1.807, 2.05) is 0 Å². The van der Waals surface area contributed by atoms with E-state index in [0.717, 1.165) is 13.1 Å². The first-order chi connectivity index (χ1) is 10.7. The Kier molecular flexibility index (Phi) is 4.74. The Bertz CT molecular complexity index is 720. The molecule has 0 saturated carbocycles. The van der Waals surface area contributed by atoms with Crippen LogP contribution in [0.15, 0.2) is 30.5 Å².